The van der Waals surface area contributed by atoms with E-state index in [1.165, 1.54) is 0 Å². The van der Waals surface area contributed by atoms with Gasteiger partial charge in [-0.2, -0.15) is 0 Å². The molecule has 0 saturated carbocycles. The molecule has 0 unspecified atom stereocenters. The molecular formula is C24H28N2O6. The largest absolute Gasteiger partial charge is 0.496 e. The van der Waals surface area contributed by atoms with Gasteiger partial charge in [0.25, 0.3) is 0 Å². The summed E-state index contributed by atoms with van der Waals surface area (Å²) in [6.07, 6.45) is 1.80. The first-order valence-corrected chi connectivity index (χ1v) is 10.8. The number of ether oxygens (including phenoxy) is 2. The molecule has 2 atom stereocenters. The van der Waals surface area contributed by atoms with Gasteiger partial charge in [-0.15, -0.1) is 0 Å². The van der Waals surface area contributed by atoms with Crippen LogP contribution in [0.25, 0.3) is 11.1 Å². The standard InChI is InChI=1S/C24H28N2O6/c1-4-31-17-9-10-26(19(12-17)15-5-7-16(8-6-15)23(27)28)13-18-20(30-3)11-14(2)21-22(18)32-24(29)25-21/h5-8,11,17,19H,4,9-10,12-13H2,1-3H3,(H,25,29)(H,27,28)/t17-,19-/m0/s1. The third-order valence-corrected chi connectivity index (χ3v) is 6.15. The molecule has 0 aliphatic carbocycles. The van der Waals surface area contributed by atoms with E-state index in [-0.39, 0.29) is 17.7 Å². The Hall–Kier alpha value is -3.10. The number of benzene rings is 2. The zero-order valence-corrected chi connectivity index (χ0v) is 18.5. The lowest BCUT2D eigenvalue weighted by atomic mass is 9.92. The van der Waals surface area contributed by atoms with Crippen molar-refractivity contribution in [2.24, 2.45) is 0 Å². The summed E-state index contributed by atoms with van der Waals surface area (Å²) in [7, 11) is 1.61. The lowest BCUT2D eigenvalue weighted by molar-refractivity contribution is -0.0139. The fourth-order valence-electron chi connectivity index (χ4n) is 4.57. The molecule has 3 aromatic rings. The summed E-state index contributed by atoms with van der Waals surface area (Å²) in [5.41, 5.74) is 4.16. The van der Waals surface area contributed by atoms with E-state index >= 15 is 0 Å². The molecule has 0 spiro atoms. The maximum atomic E-state index is 11.9. The van der Waals surface area contributed by atoms with E-state index in [4.69, 9.17) is 13.9 Å². The van der Waals surface area contributed by atoms with Crippen LogP contribution < -0.4 is 10.5 Å². The Balaban J connectivity index is 1.72. The third-order valence-electron chi connectivity index (χ3n) is 6.15. The number of H-pyrrole nitrogens is 1. The lowest BCUT2D eigenvalue weighted by Crippen LogP contribution is -2.39. The highest BCUT2D eigenvalue weighted by Gasteiger charge is 2.32. The third kappa shape index (κ3) is 4.28. The van der Waals surface area contributed by atoms with Crippen molar-refractivity contribution in [3.05, 3.63) is 63.1 Å². The molecule has 2 N–H and O–H groups in total. The Morgan fingerprint density at radius 3 is 2.72 bits per heavy atom. The average molecular weight is 440 g/mol. The number of piperidine rings is 1. The van der Waals surface area contributed by atoms with E-state index in [9.17, 15) is 14.7 Å². The molecule has 8 nitrogen and oxygen atoms in total. The molecule has 0 radical (unpaired) electrons. The van der Waals surface area contributed by atoms with Gasteiger partial charge in [-0.05, 0) is 56.0 Å². The van der Waals surface area contributed by atoms with Crippen molar-refractivity contribution < 1.29 is 23.8 Å². The maximum Gasteiger partial charge on any atom is 0.417 e. The van der Waals surface area contributed by atoms with Crippen LogP contribution in [0.1, 0.15) is 52.9 Å². The molecule has 1 aliphatic heterocycles. The zero-order valence-electron chi connectivity index (χ0n) is 18.5. The number of nitrogens with one attached hydrogen (secondary N) is 1. The number of likely N-dealkylation sites (tertiary alicyclic amines) is 1. The minimum Gasteiger partial charge on any atom is -0.496 e. The van der Waals surface area contributed by atoms with Crippen molar-refractivity contribution in [1.29, 1.82) is 0 Å². The predicted octanol–water partition coefficient (Wildman–Crippen LogP) is 3.88. The number of nitrogens with zero attached hydrogens (tertiary/aromatic N) is 1. The van der Waals surface area contributed by atoms with Gasteiger partial charge in [0, 0.05) is 25.7 Å². The average Bonchev–Trinajstić information content (AvgIpc) is 3.19. The molecular weight excluding hydrogens is 412 g/mol. The molecule has 1 saturated heterocycles. The van der Waals surface area contributed by atoms with Gasteiger partial charge in [0.05, 0.1) is 29.9 Å². The lowest BCUT2D eigenvalue weighted by Gasteiger charge is -2.40. The number of aryl methyl sites for hydroxylation is 1. The smallest absolute Gasteiger partial charge is 0.417 e. The van der Waals surface area contributed by atoms with Gasteiger partial charge in [0.2, 0.25) is 0 Å². The van der Waals surface area contributed by atoms with Crippen LogP contribution >= 0.6 is 0 Å². The Morgan fingerprint density at radius 1 is 1.31 bits per heavy atom. The molecule has 2 aromatic carbocycles. The van der Waals surface area contributed by atoms with Gasteiger partial charge in [0.1, 0.15) is 5.75 Å². The van der Waals surface area contributed by atoms with Crippen LogP contribution in [0, 0.1) is 6.92 Å². The minimum absolute atomic E-state index is 0.0230. The van der Waals surface area contributed by atoms with Crippen molar-refractivity contribution in [2.75, 3.05) is 20.3 Å². The first-order chi connectivity index (χ1) is 15.4. The second-order valence-corrected chi connectivity index (χ2v) is 8.11. The topological polar surface area (TPSA) is 105 Å². The maximum absolute atomic E-state index is 11.9. The number of aromatic carboxylic acids is 1. The number of aromatic nitrogens is 1. The highest BCUT2D eigenvalue weighted by molar-refractivity contribution is 5.87. The minimum atomic E-state index is -0.946. The summed E-state index contributed by atoms with van der Waals surface area (Å²) in [5, 5.41) is 9.24. The van der Waals surface area contributed by atoms with Crippen molar-refractivity contribution in [3.8, 4) is 5.75 Å². The van der Waals surface area contributed by atoms with Crippen LogP contribution in [0.4, 0.5) is 0 Å². The first kappa shape index (κ1) is 22.1. The number of hydrogen-bond donors (Lipinski definition) is 2. The van der Waals surface area contributed by atoms with Crippen molar-refractivity contribution in [1.82, 2.24) is 9.88 Å². The van der Waals surface area contributed by atoms with Gasteiger partial charge >= 0.3 is 11.7 Å². The van der Waals surface area contributed by atoms with E-state index in [1.54, 1.807) is 19.2 Å². The van der Waals surface area contributed by atoms with Crippen LogP contribution in [0.3, 0.4) is 0 Å². The number of aromatic amines is 1. The summed E-state index contributed by atoms with van der Waals surface area (Å²) in [6.45, 7) is 5.84. The summed E-state index contributed by atoms with van der Waals surface area (Å²) >= 11 is 0. The summed E-state index contributed by atoms with van der Waals surface area (Å²) in [6, 6.07) is 8.94. The number of carboxylic acid groups (broad SMARTS) is 1. The van der Waals surface area contributed by atoms with Crippen LogP contribution in [0.15, 0.2) is 39.5 Å². The van der Waals surface area contributed by atoms with Gasteiger partial charge < -0.3 is 19.0 Å². The number of carboxylic acids is 1. The molecule has 0 amide bonds. The Kier molecular flexibility index (Phi) is 6.34. The van der Waals surface area contributed by atoms with Gasteiger partial charge in [-0.25, -0.2) is 9.59 Å². The van der Waals surface area contributed by atoms with Crippen LogP contribution in [-0.4, -0.2) is 47.3 Å². The number of hydrogen-bond acceptors (Lipinski definition) is 6. The molecule has 2 heterocycles. The summed E-state index contributed by atoms with van der Waals surface area (Å²) < 4.78 is 17.1. The predicted molar refractivity (Wildman–Crippen MR) is 119 cm³/mol. The van der Waals surface area contributed by atoms with E-state index < -0.39 is 11.7 Å². The molecule has 0 bridgehead atoms. The van der Waals surface area contributed by atoms with Crippen LogP contribution in [0.5, 0.6) is 5.75 Å². The molecule has 1 aromatic heterocycles. The zero-order chi connectivity index (χ0) is 22.8. The van der Waals surface area contributed by atoms with Crippen molar-refractivity contribution >= 4 is 17.1 Å². The summed E-state index contributed by atoms with van der Waals surface area (Å²) in [4.78, 5) is 28.3. The second-order valence-electron chi connectivity index (χ2n) is 8.11. The van der Waals surface area contributed by atoms with Crippen molar-refractivity contribution in [2.45, 2.75) is 45.4 Å². The van der Waals surface area contributed by atoms with Crippen LogP contribution in [0.2, 0.25) is 0 Å². The van der Waals surface area contributed by atoms with E-state index in [2.05, 4.69) is 9.88 Å². The molecule has 170 valence electrons. The van der Waals surface area contributed by atoms with Crippen LogP contribution in [-0.2, 0) is 11.3 Å². The normalized spacial score (nSPS) is 19.3. The quantitative estimate of drug-likeness (QED) is 0.574. The number of oxazole rings is 1. The van der Waals surface area contributed by atoms with Gasteiger partial charge in [-0.3, -0.25) is 9.88 Å². The monoisotopic (exact) mass is 440 g/mol. The second kappa shape index (κ2) is 9.18. The highest BCUT2D eigenvalue weighted by atomic mass is 16.5. The molecule has 1 fully saturated rings. The Morgan fingerprint density at radius 2 is 2.06 bits per heavy atom. The Labute approximate surface area is 185 Å². The van der Waals surface area contributed by atoms with Gasteiger partial charge in [0.15, 0.2) is 5.58 Å². The number of fused-ring (bicyclic) bond motifs is 1. The van der Waals surface area contributed by atoms with E-state index in [0.717, 1.165) is 36.1 Å². The van der Waals surface area contributed by atoms with Crippen molar-refractivity contribution in [3.63, 3.8) is 0 Å². The van der Waals surface area contributed by atoms with Gasteiger partial charge in [-0.1, -0.05) is 12.1 Å². The number of carbonyl (C=O) groups is 1. The fourth-order valence-corrected chi connectivity index (χ4v) is 4.57. The molecule has 4 rings (SSSR count). The van der Waals surface area contributed by atoms with E-state index in [1.807, 2.05) is 32.0 Å². The molecule has 1 aliphatic rings. The summed E-state index contributed by atoms with van der Waals surface area (Å²) in [5.74, 6) is -0.767. The SMILES string of the molecule is CCO[C@H]1CCN(Cc2c(OC)cc(C)c3[nH]c(=O)oc23)[C@H](c2ccc(C(=O)O)cc2)C1. The molecule has 8 heteroatoms. The first-order valence-electron chi connectivity index (χ1n) is 10.8. The number of methoxy groups -OCH3 is 1. The number of rotatable bonds is 7. The van der Waals surface area contributed by atoms with E-state index in [0.29, 0.717) is 30.0 Å². The fraction of sp³-hybridized carbons (Fsp3) is 0.417. The molecule has 32 heavy (non-hydrogen) atoms. The highest BCUT2D eigenvalue weighted by Crippen LogP contribution is 2.37. The Bertz CT molecular complexity index is 1160.